The lowest BCUT2D eigenvalue weighted by molar-refractivity contribution is 0.628. The van der Waals surface area contributed by atoms with E-state index in [0.717, 1.165) is 31.6 Å². The van der Waals surface area contributed by atoms with Crippen LogP contribution in [-0.4, -0.2) is 25.6 Å². The number of hydrogen-bond donors (Lipinski definition) is 3. The Morgan fingerprint density at radius 2 is 2.00 bits per heavy atom. The van der Waals surface area contributed by atoms with Gasteiger partial charge in [-0.1, -0.05) is 32.3 Å². The van der Waals surface area contributed by atoms with Gasteiger partial charge in [0.2, 0.25) is 0 Å². The average molecular weight is 422 g/mol. The fourth-order valence-corrected chi connectivity index (χ4v) is 1.93. The summed E-state index contributed by atoms with van der Waals surface area (Å²) in [6.45, 7) is 4.49. The highest BCUT2D eigenvalue weighted by Crippen LogP contribution is 2.08. The van der Waals surface area contributed by atoms with E-state index < -0.39 is 0 Å². The number of halogens is 2. The topological polar surface area (TPSA) is 62.4 Å². The molecule has 0 aromatic heterocycles. The smallest absolute Gasteiger partial charge is 0.188 e. The number of anilines is 1. The third-order valence-corrected chi connectivity index (χ3v) is 3.11. The highest BCUT2D eigenvalue weighted by Gasteiger charge is 1.95. The minimum absolute atomic E-state index is 0. The Hall–Kier alpha value is -1.05. The zero-order valence-corrected chi connectivity index (χ0v) is 15.6. The molecule has 0 heterocycles. The van der Waals surface area contributed by atoms with Gasteiger partial charge in [-0.05, 0) is 31.0 Å². The third-order valence-electron chi connectivity index (χ3n) is 3.11. The fraction of sp³-hybridized carbons (Fsp3) is 0.562. The number of nitrogens with zero attached hydrogens (tertiary/aromatic N) is 1. The molecule has 0 aliphatic carbocycles. The highest BCUT2D eigenvalue weighted by molar-refractivity contribution is 14.0. The molecule has 22 heavy (non-hydrogen) atoms. The molecular formula is C16H28FIN4. The highest BCUT2D eigenvalue weighted by atomic mass is 127. The van der Waals surface area contributed by atoms with Gasteiger partial charge in [-0.2, -0.15) is 0 Å². The first kappa shape index (κ1) is 20.9. The summed E-state index contributed by atoms with van der Waals surface area (Å²) in [5, 5.41) is 6.27. The summed E-state index contributed by atoms with van der Waals surface area (Å²) in [7, 11) is 0. The van der Waals surface area contributed by atoms with E-state index in [1.165, 1.54) is 31.4 Å². The van der Waals surface area contributed by atoms with Crippen LogP contribution < -0.4 is 16.4 Å². The van der Waals surface area contributed by atoms with Gasteiger partial charge >= 0.3 is 0 Å². The van der Waals surface area contributed by atoms with Gasteiger partial charge in [0.05, 0.1) is 0 Å². The Kier molecular flexibility index (Phi) is 13.0. The summed E-state index contributed by atoms with van der Waals surface area (Å²) in [6, 6.07) is 6.45. The lowest BCUT2D eigenvalue weighted by Crippen LogP contribution is -2.32. The normalized spacial score (nSPS) is 10.9. The van der Waals surface area contributed by atoms with Crippen LogP contribution in [0.4, 0.5) is 10.1 Å². The lowest BCUT2D eigenvalue weighted by atomic mass is 10.2. The molecule has 1 aromatic carbocycles. The molecule has 0 saturated heterocycles. The molecule has 0 fully saturated rings. The number of aliphatic imine (C=N–C) groups is 1. The molecule has 0 unspecified atom stereocenters. The van der Waals surface area contributed by atoms with Gasteiger partial charge in [-0.15, -0.1) is 24.0 Å². The Bertz CT molecular complexity index is 426. The van der Waals surface area contributed by atoms with Gasteiger partial charge < -0.3 is 16.4 Å². The van der Waals surface area contributed by atoms with Crippen LogP contribution in [0.25, 0.3) is 0 Å². The Morgan fingerprint density at radius 1 is 1.18 bits per heavy atom. The van der Waals surface area contributed by atoms with E-state index in [1.54, 1.807) is 6.07 Å². The largest absolute Gasteiger partial charge is 0.385 e. The van der Waals surface area contributed by atoms with Crippen molar-refractivity contribution in [2.45, 2.75) is 39.0 Å². The zero-order valence-electron chi connectivity index (χ0n) is 13.3. The minimum Gasteiger partial charge on any atom is -0.385 e. The number of rotatable bonds is 10. The summed E-state index contributed by atoms with van der Waals surface area (Å²) < 4.78 is 13.0. The molecule has 0 aliphatic rings. The number of benzene rings is 1. The molecule has 6 heteroatoms. The lowest BCUT2D eigenvalue weighted by Gasteiger charge is -2.06. The summed E-state index contributed by atoms with van der Waals surface area (Å²) >= 11 is 0. The summed E-state index contributed by atoms with van der Waals surface area (Å²) in [6.07, 6.45) is 5.72. The van der Waals surface area contributed by atoms with Crippen molar-refractivity contribution in [2.75, 3.05) is 25.0 Å². The second kappa shape index (κ2) is 13.6. The maximum atomic E-state index is 13.0. The first-order valence-electron chi connectivity index (χ1n) is 7.75. The Morgan fingerprint density at radius 3 is 2.73 bits per heavy atom. The average Bonchev–Trinajstić information content (AvgIpc) is 2.47. The van der Waals surface area contributed by atoms with Crippen molar-refractivity contribution in [1.82, 2.24) is 5.32 Å². The van der Waals surface area contributed by atoms with E-state index in [4.69, 9.17) is 5.73 Å². The van der Waals surface area contributed by atoms with Crippen LogP contribution in [0, 0.1) is 5.82 Å². The molecular weight excluding hydrogens is 394 g/mol. The van der Waals surface area contributed by atoms with Crippen LogP contribution in [-0.2, 0) is 0 Å². The molecule has 0 bridgehead atoms. The van der Waals surface area contributed by atoms with Crippen molar-refractivity contribution in [3.8, 4) is 0 Å². The molecule has 0 aliphatic heterocycles. The Balaban J connectivity index is 0.00000441. The van der Waals surface area contributed by atoms with Crippen LogP contribution in [0.5, 0.6) is 0 Å². The predicted molar refractivity (Wildman–Crippen MR) is 104 cm³/mol. The van der Waals surface area contributed by atoms with Gasteiger partial charge in [0.25, 0.3) is 0 Å². The molecule has 0 saturated carbocycles. The van der Waals surface area contributed by atoms with E-state index >= 15 is 0 Å². The molecule has 0 amide bonds. The molecule has 0 radical (unpaired) electrons. The zero-order chi connectivity index (χ0) is 15.3. The van der Waals surface area contributed by atoms with Crippen molar-refractivity contribution in [3.63, 3.8) is 0 Å². The number of unbranched alkanes of at least 4 members (excludes halogenated alkanes) is 3. The van der Waals surface area contributed by atoms with Crippen LogP contribution in [0.1, 0.15) is 39.0 Å². The number of nitrogens with one attached hydrogen (secondary N) is 2. The first-order valence-corrected chi connectivity index (χ1v) is 7.75. The molecule has 1 aromatic rings. The van der Waals surface area contributed by atoms with Crippen molar-refractivity contribution in [1.29, 1.82) is 0 Å². The quantitative estimate of drug-likeness (QED) is 0.233. The van der Waals surface area contributed by atoms with E-state index in [0.29, 0.717) is 12.5 Å². The third kappa shape index (κ3) is 10.6. The van der Waals surface area contributed by atoms with Gasteiger partial charge in [-0.3, -0.25) is 4.99 Å². The molecule has 1 rings (SSSR count). The van der Waals surface area contributed by atoms with E-state index in [-0.39, 0.29) is 29.8 Å². The molecule has 4 nitrogen and oxygen atoms in total. The van der Waals surface area contributed by atoms with Gasteiger partial charge in [0.15, 0.2) is 5.96 Å². The minimum atomic E-state index is -0.227. The summed E-state index contributed by atoms with van der Waals surface area (Å²) in [5.74, 6) is 0.284. The molecule has 126 valence electrons. The molecule has 4 N–H and O–H groups in total. The van der Waals surface area contributed by atoms with Crippen molar-refractivity contribution < 1.29 is 4.39 Å². The second-order valence-electron chi connectivity index (χ2n) is 5.05. The fourth-order valence-electron chi connectivity index (χ4n) is 1.93. The van der Waals surface area contributed by atoms with E-state index in [9.17, 15) is 4.39 Å². The van der Waals surface area contributed by atoms with E-state index in [2.05, 4.69) is 22.5 Å². The van der Waals surface area contributed by atoms with Gasteiger partial charge in [0.1, 0.15) is 5.82 Å². The maximum absolute atomic E-state index is 13.0. The van der Waals surface area contributed by atoms with Crippen LogP contribution >= 0.6 is 24.0 Å². The maximum Gasteiger partial charge on any atom is 0.188 e. The van der Waals surface area contributed by atoms with Crippen LogP contribution in [0.3, 0.4) is 0 Å². The Labute approximate surface area is 150 Å². The summed E-state index contributed by atoms with van der Waals surface area (Å²) in [5.41, 5.74) is 6.56. The van der Waals surface area contributed by atoms with Crippen LogP contribution in [0.15, 0.2) is 29.3 Å². The molecule has 0 atom stereocenters. The number of nitrogens with two attached hydrogens (primary N) is 1. The SMILES string of the molecule is CCCCCCNC(N)=NCCCNc1cccc(F)c1.I. The monoisotopic (exact) mass is 422 g/mol. The van der Waals surface area contributed by atoms with Crippen molar-refractivity contribution >= 4 is 35.6 Å². The first-order chi connectivity index (χ1) is 10.2. The number of guanidine groups is 1. The predicted octanol–water partition coefficient (Wildman–Crippen LogP) is 3.73. The second-order valence-corrected chi connectivity index (χ2v) is 5.05. The van der Waals surface area contributed by atoms with Gasteiger partial charge in [0, 0.05) is 25.3 Å². The standard InChI is InChI=1S/C16H27FN4.HI/c1-2-3-4-5-10-20-16(18)21-12-7-11-19-15-9-6-8-14(17)13-15;/h6,8-9,13,19H,2-5,7,10-12H2,1H3,(H3,18,20,21);1H. The molecule has 0 spiro atoms. The van der Waals surface area contributed by atoms with Crippen LogP contribution in [0.2, 0.25) is 0 Å². The van der Waals surface area contributed by atoms with Crippen molar-refractivity contribution in [3.05, 3.63) is 30.1 Å². The summed E-state index contributed by atoms with van der Waals surface area (Å²) in [4.78, 5) is 4.26. The number of hydrogen-bond acceptors (Lipinski definition) is 2. The van der Waals surface area contributed by atoms with Gasteiger partial charge in [-0.25, -0.2) is 4.39 Å². The van der Waals surface area contributed by atoms with E-state index in [1.807, 2.05) is 6.07 Å². The van der Waals surface area contributed by atoms with Crippen molar-refractivity contribution in [2.24, 2.45) is 10.7 Å².